The van der Waals surface area contributed by atoms with Crippen LogP contribution in [0.25, 0.3) is 11.1 Å². The topological polar surface area (TPSA) is 160 Å². The summed E-state index contributed by atoms with van der Waals surface area (Å²) in [6.45, 7) is 1.88. The number of aromatic nitrogens is 1. The number of rotatable bonds is 5. The van der Waals surface area contributed by atoms with Crippen molar-refractivity contribution >= 4 is 23.7 Å². The van der Waals surface area contributed by atoms with Gasteiger partial charge in [0.2, 0.25) is 0 Å². The van der Waals surface area contributed by atoms with Gasteiger partial charge in [0, 0.05) is 5.56 Å². The molecule has 0 saturated carbocycles. The number of esters is 1. The second-order valence-electron chi connectivity index (χ2n) is 6.38. The minimum atomic E-state index is -1.61. The second-order valence-corrected chi connectivity index (χ2v) is 6.38. The summed E-state index contributed by atoms with van der Waals surface area (Å²) in [5.41, 5.74) is 4.36. The number of ether oxygens (including phenoxy) is 1. The van der Waals surface area contributed by atoms with Gasteiger partial charge in [0.05, 0.1) is 5.56 Å². The van der Waals surface area contributed by atoms with Crippen LogP contribution in [0.4, 0.5) is 5.82 Å². The Morgan fingerprint density at radius 1 is 0.900 bits per heavy atom. The van der Waals surface area contributed by atoms with Crippen molar-refractivity contribution in [3.05, 3.63) is 81.1 Å². The molecule has 0 amide bonds. The molecule has 30 heavy (non-hydrogen) atoms. The van der Waals surface area contributed by atoms with Gasteiger partial charge < -0.3 is 25.7 Å². The summed E-state index contributed by atoms with van der Waals surface area (Å²) < 4.78 is 5.27. The molecule has 0 saturated heterocycles. The molecule has 5 N–H and O–H groups in total. The Hall–Kier alpha value is -4.40. The van der Waals surface area contributed by atoms with Crippen LogP contribution in [0.2, 0.25) is 0 Å². The van der Waals surface area contributed by atoms with Gasteiger partial charge in [-0.3, -0.25) is 4.79 Å². The molecule has 0 aliphatic heterocycles. The average molecular weight is 408 g/mol. The van der Waals surface area contributed by atoms with Gasteiger partial charge in [-0.25, -0.2) is 14.4 Å². The summed E-state index contributed by atoms with van der Waals surface area (Å²) in [5, 5.41) is 18.9. The molecule has 3 rings (SSSR count). The number of nitrogen functional groups attached to an aromatic ring is 1. The van der Waals surface area contributed by atoms with Gasteiger partial charge in [0.15, 0.2) is 0 Å². The van der Waals surface area contributed by atoms with Crippen molar-refractivity contribution < 1.29 is 29.3 Å². The van der Waals surface area contributed by atoms with E-state index in [1.807, 2.05) is 11.9 Å². The van der Waals surface area contributed by atoms with E-state index < -0.39 is 40.4 Å². The fraction of sp³-hybridized carbons (Fsp3) is 0.0476. The van der Waals surface area contributed by atoms with Gasteiger partial charge in [-0.15, -0.1) is 0 Å². The first-order valence-corrected chi connectivity index (χ1v) is 8.60. The highest BCUT2D eigenvalue weighted by atomic mass is 16.5. The molecule has 2 aromatic carbocycles. The molecule has 0 aliphatic carbocycles. The molecule has 0 fully saturated rings. The third-order valence-corrected chi connectivity index (χ3v) is 4.31. The Labute approximate surface area is 169 Å². The number of nitrogens with two attached hydrogens (primary N) is 1. The Balaban J connectivity index is 2.01. The summed E-state index contributed by atoms with van der Waals surface area (Å²) in [6.07, 6.45) is 0. The van der Waals surface area contributed by atoms with Crippen LogP contribution in [0, 0.1) is 6.92 Å². The number of H-pyrrole nitrogens is 1. The van der Waals surface area contributed by atoms with Crippen molar-refractivity contribution in [1.82, 2.24) is 4.98 Å². The zero-order valence-corrected chi connectivity index (χ0v) is 15.6. The second kappa shape index (κ2) is 7.92. The Kier molecular flexibility index (Phi) is 5.37. The first kappa shape index (κ1) is 20.3. The average Bonchev–Trinajstić information content (AvgIpc) is 2.67. The molecule has 152 valence electrons. The van der Waals surface area contributed by atoms with E-state index >= 15 is 0 Å². The van der Waals surface area contributed by atoms with E-state index in [0.717, 1.165) is 5.56 Å². The van der Waals surface area contributed by atoms with Crippen molar-refractivity contribution in [2.24, 2.45) is 0 Å². The maximum absolute atomic E-state index is 12.2. The number of benzene rings is 2. The van der Waals surface area contributed by atoms with Crippen LogP contribution in [-0.2, 0) is 0 Å². The zero-order chi connectivity index (χ0) is 22.0. The van der Waals surface area contributed by atoms with Gasteiger partial charge in [-0.1, -0.05) is 29.8 Å². The molecule has 0 unspecified atom stereocenters. The lowest BCUT2D eigenvalue weighted by Crippen LogP contribution is -2.24. The molecular weight excluding hydrogens is 392 g/mol. The molecule has 3 aromatic rings. The molecule has 9 heteroatoms. The number of carboxylic acid groups (broad SMARTS) is 2. The molecule has 0 bridgehead atoms. The molecule has 9 nitrogen and oxygen atoms in total. The summed E-state index contributed by atoms with van der Waals surface area (Å²) in [7, 11) is 0. The van der Waals surface area contributed by atoms with Crippen molar-refractivity contribution in [2.75, 3.05) is 5.73 Å². The van der Waals surface area contributed by atoms with E-state index in [-0.39, 0.29) is 16.9 Å². The number of anilines is 1. The number of carbonyl (C=O) groups excluding carboxylic acids is 1. The molecule has 0 atom stereocenters. The Bertz CT molecular complexity index is 1210. The molecule has 0 spiro atoms. The standard InChI is InChI=1S/C21H16N2O7/c1-10-2-4-12(5-3-10)21(29)30-13-8-6-11(7-9-13)14-15(19(25)26)17(22)23-18(24)16(14)20(27)28/h2-9H,1H3,(H,25,26)(H,27,28)(H3,22,23,24). The van der Waals surface area contributed by atoms with Gasteiger partial charge in [-0.05, 0) is 36.8 Å². The van der Waals surface area contributed by atoms with Crippen LogP contribution >= 0.6 is 0 Å². The minimum Gasteiger partial charge on any atom is -0.478 e. The zero-order valence-electron chi connectivity index (χ0n) is 15.6. The molecular formula is C21H16N2O7. The van der Waals surface area contributed by atoms with E-state index in [1.54, 1.807) is 24.3 Å². The smallest absolute Gasteiger partial charge is 0.343 e. The summed E-state index contributed by atoms with van der Waals surface area (Å²) in [6, 6.07) is 12.1. The Morgan fingerprint density at radius 3 is 2.00 bits per heavy atom. The summed E-state index contributed by atoms with van der Waals surface area (Å²) in [5.74, 6) is -4.03. The number of nitrogens with one attached hydrogen (secondary N) is 1. The number of pyridine rings is 1. The van der Waals surface area contributed by atoms with E-state index in [0.29, 0.717) is 5.56 Å². The van der Waals surface area contributed by atoms with Crippen LogP contribution in [-0.4, -0.2) is 33.1 Å². The molecule has 1 aromatic heterocycles. The number of hydrogen-bond donors (Lipinski definition) is 4. The van der Waals surface area contributed by atoms with E-state index in [2.05, 4.69) is 0 Å². The predicted octanol–water partition coefficient (Wildman–Crippen LogP) is 2.55. The van der Waals surface area contributed by atoms with Crippen LogP contribution in [0.1, 0.15) is 36.6 Å². The van der Waals surface area contributed by atoms with E-state index in [1.165, 1.54) is 24.3 Å². The maximum atomic E-state index is 12.2. The monoisotopic (exact) mass is 408 g/mol. The van der Waals surface area contributed by atoms with Crippen LogP contribution < -0.4 is 16.0 Å². The number of carbonyl (C=O) groups is 3. The largest absolute Gasteiger partial charge is 0.478 e. The van der Waals surface area contributed by atoms with Crippen molar-refractivity contribution in [3.63, 3.8) is 0 Å². The van der Waals surface area contributed by atoms with Crippen LogP contribution in [0.3, 0.4) is 0 Å². The molecule has 1 heterocycles. The Morgan fingerprint density at radius 2 is 1.47 bits per heavy atom. The lowest BCUT2D eigenvalue weighted by atomic mass is 9.95. The fourth-order valence-corrected chi connectivity index (χ4v) is 2.88. The van der Waals surface area contributed by atoms with E-state index in [9.17, 15) is 29.4 Å². The number of carboxylic acids is 2. The van der Waals surface area contributed by atoms with Crippen molar-refractivity contribution in [3.8, 4) is 16.9 Å². The van der Waals surface area contributed by atoms with E-state index in [4.69, 9.17) is 10.5 Å². The van der Waals surface area contributed by atoms with Gasteiger partial charge in [0.1, 0.15) is 22.7 Å². The van der Waals surface area contributed by atoms with Crippen molar-refractivity contribution in [2.45, 2.75) is 6.92 Å². The highest BCUT2D eigenvalue weighted by Crippen LogP contribution is 2.30. The summed E-state index contributed by atoms with van der Waals surface area (Å²) in [4.78, 5) is 49.5. The summed E-state index contributed by atoms with van der Waals surface area (Å²) >= 11 is 0. The number of aryl methyl sites for hydroxylation is 1. The number of aromatic carboxylic acids is 2. The number of hydrogen-bond acceptors (Lipinski definition) is 6. The van der Waals surface area contributed by atoms with Crippen LogP contribution in [0.15, 0.2) is 53.3 Å². The third-order valence-electron chi connectivity index (χ3n) is 4.31. The highest BCUT2D eigenvalue weighted by Gasteiger charge is 2.26. The molecule has 0 radical (unpaired) electrons. The maximum Gasteiger partial charge on any atom is 0.343 e. The first-order valence-electron chi connectivity index (χ1n) is 8.60. The molecule has 0 aliphatic rings. The lowest BCUT2D eigenvalue weighted by Gasteiger charge is -2.12. The predicted molar refractivity (Wildman–Crippen MR) is 107 cm³/mol. The SMILES string of the molecule is Cc1ccc(C(=O)Oc2ccc(-c3c(C(=O)O)c(N)[nH]c(=O)c3C(=O)O)cc2)cc1. The van der Waals surface area contributed by atoms with Crippen molar-refractivity contribution in [1.29, 1.82) is 0 Å². The van der Waals surface area contributed by atoms with Gasteiger partial charge in [-0.2, -0.15) is 0 Å². The van der Waals surface area contributed by atoms with Gasteiger partial charge >= 0.3 is 17.9 Å². The van der Waals surface area contributed by atoms with Gasteiger partial charge in [0.25, 0.3) is 5.56 Å². The normalized spacial score (nSPS) is 10.4. The first-order chi connectivity index (χ1) is 14.2. The quantitative estimate of drug-likeness (QED) is 0.370. The number of aromatic amines is 1. The highest BCUT2D eigenvalue weighted by molar-refractivity contribution is 6.07. The fourth-order valence-electron chi connectivity index (χ4n) is 2.88. The van der Waals surface area contributed by atoms with Crippen LogP contribution in [0.5, 0.6) is 5.75 Å². The minimum absolute atomic E-state index is 0.109. The third kappa shape index (κ3) is 3.90. The lowest BCUT2D eigenvalue weighted by molar-refractivity contribution is 0.0693.